The number of hydrogen-bond acceptors (Lipinski definition) is 6. The van der Waals surface area contributed by atoms with Gasteiger partial charge in [-0.05, 0) is 50.5 Å². The lowest BCUT2D eigenvalue weighted by Crippen LogP contribution is -2.14. The lowest BCUT2D eigenvalue weighted by molar-refractivity contribution is -0.113. The van der Waals surface area contributed by atoms with Crippen molar-refractivity contribution in [1.82, 2.24) is 15.1 Å². The third kappa shape index (κ3) is 4.36. The number of carbonyl (C=O) groups is 1. The highest BCUT2D eigenvalue weighted by Crippen LogP contribution is 2.38. The molecule has 0 spiro atoms. The monoisotopic (exact) mass is 380 g/mol. The van der Waals surface area contributed by atoms with Crippen LogP contribution in [0.15, 0.2) is 46.1 Å². The number of carbonyl (C=O) groups excluding carboxylic acids is 1. The van der Waals surface area contributed by atoms with E-state index in [9.17, 15) is 4.79 Å². The molecule has 1 saturated carbocycles. The minimum Gasteiger partial charge on any atom is -0.334 e. The first-order valence-electron chi connectivity index (χ1n) is 8.88. The molecule has 0 bridgehead atoms. The van der Waals surface area contributed by atoms with Gasteiger partial charge in [-0.15, -0.1) is 0 Å². The lowest BCUT2D eigenvalue weighted by Gasteiger charge is -2.09. The van der Waals surface area contributed by atoms with Gasteiger partial charge in [-0.3, -0.25) is 4.79 Å². The molecule has 7 heteroatoms. The van der Waals surface area contributed by atoms with Crippen molar-refractivity contribution in [2.75, 3.05) is 11.1 Å². The van der Waals surface area contributed by atoms with Gasteiger partial charge in [-0.2, -0.15) is 4.98 Å². The number of thioether (sulfide) groups is 1. The predicted octanol–water partition coefficient (Wildman–Crippen LogP) is 4.36. The van der Waals surface area contributed by atoms with Crippen molar-refractivity contribution in [3.8, 4) is 11.5 Å². The van der Waals surface area contributed by atoms with Crippen LogP contribution in [0.25, 0.3) is 11.5 Å². The van der Waals surface area contributed by atoms with Gasteiger partial charge in [0.1, 0.15) is 0 Å². The van der Waals surface area contributed by atoms with Crippen LogP contribution in [0, 0.1) is 13.8 Å². The molecule has 0 radical (unpaired) electrons. The minimum absolute atomic E-state index is 0.0520. The molecule has 27 heavy (non-hydrogen) atoms. The van der Waals surface area contributed by atoms with Gasteiger partial charge in [0.05, 0.1) is 16.3 Å². The fourth-order valence-electron chi connectivity index (χ4n) is 2.73. The summed E-state index contributed by atoms with van der Waals surface area (Å²) in [5.74, 6) is 1.98. The number of aromatic nitrogens is 3. The van der Waals surface area contributed by atoms with Gasteiger partial charge in [0, 0.05) is 17.8 Å². The average molecular weight is 380 g/mol. The van der Waals surface area contributed by atoms with Gasteiger partial charge in [0.15, 0.2) is 5.82 Å². The van der Waals surface area contributed by atoms with Crippen molar-refractivity contribution in [3.05, 3.63) is 53.5 Å². The Bertz CT molecular complexity index is 964. The molecule has 138 valence electrons. The maximum atomic E-state index is 12.2. The zero-order valence-electron chi connectivity index (χ0n) is 15.2. The van der Waals surface area contributed by atoms with Crippen LogP contribution < -0.4 is 5.32 Å². The number of rotatable bonds is 6. The normalized spacial score (nSPS) is 13.6. The summed E-state index contributed by atoms with van der Waals surface area (Å²) in [7, 11) is 0. The van der Waals surface area contributed by atoms with E-state index in [1.165, 1.54) is 17.3 Å². The summed E-state index contributed by atoms with van der Waals surface area (Å²) in [6.45, 7) is 4.02. The van der Waals surface area contributed by atoms with E-state index in [1.807, 2.05) is 38.1 Å². The van der Waals surface area contributed by atoms with E-state index in [0.29, 0.717) is 17.6 Å². The molecule has 0 atom stereocenters. The minimum atomic E-state index is -0.0520. The molecule has 0 saturated heterocycles. The van der Waals surface area contributed by atoms with Gasteiger partial charge in [-0.1, -0.05) is 34.6 Å². The SMILES string of the molecule is Cc1ccc(NC(=O)CSc2ccc(-c3nc(C4CC4)no3)cn2)c(C)c1. The van der Waals surface area contributed by atoms with Crippen molar-refractivity contribution in [2.24, 2.45) is 0 Å². The number of nitrogens with zero attached hydrogens (tertiary/aromatic N) is 3. The van der Waals surface area contributed by atoms with Crippen molar-refractivity contribution in [2.45, 2.75) is 37.6 Å². The molecule has 1 aliphatic carbocycles. The molecule has 1 aromatic carbocycles. The Morgan fingerprint density at radius 2 is 2.11 bits per heavy atom. The number of aryl methyl sites for hydroxylation is 2. The number of nitrogens with one attached hydrogen (secondary N) is 1. The molecular weight excluding hydrogens is 360 g/mol. The Labute approximate surface area is 161 Å². The fraction of sp³-hybridized carbons (Fsp3) is 0.300. The largest absolute Gasteiger partial charge is 0.334 e. The Hall–Kier alpha value is -2.67. The number of benzene rings is 1. The summed E-state index contributed by atoms with van der Waals surface area (Å²) in [6.07, 6.45) is 3.97. The smallest absolute Gasteiger partial charge is 0.259 e. The van der Waals surface area contributed by atoms with Crippen molar-refractivity contribution in [1.29, 1.82) is 0 Å². The zero-order valence-corrected chi connectivity index (χ0v) is 16.0. The van der Waals surface area contributed by atoms with Crippen LogP contribution in [0.3, 0.4) is 0 Å². The molecule has 2 heterocycles. The van der Waals surface area contributed by atoms with Crippen LogP contribution in [0.2, 0.25) is 0 Å². The summed E-state index contributed by atoms with van der Waals surface area (Å²) >= 11 is 1.39. The Balaban J connectivity index is 1.33. The first-order chi connectivity index (χ1) is 13.1. The van der Waals surface area contributed by atoms with E-state index < -0.39 is 0 Å². The highest BCUT2D eigenvalue weighted by molar-refractivity contribution is 7.99. The highest BCUT2D eigenvalue weighted by Gasteiger charge is 2.29. The van der Waals surface area contributed by atoms with Crippen LogP contribution in [-0.2, 0) is 4.79 Å². The van der Waals surface area contributed by atoms with Gasteiger partial charge in [-0.25, -0.2) is 4.98 Å². The topological polar surface area (TPSA) is 80.9 Å². The lowest BCUT2D eigenvalue weighted by atomic mass is 10.1. The molecular formula is C20H20N4O2S. The Morgan fingerprint density at radius 3 is 2.81 bits per heavy atom. The maximum Gasteiger partial charge on any atom is 0.259 e. The van der Waals surface area contributed by atoms with Crippen LogP contribution in [-0.4, -0.2) is 26.8 Å². The molecule has 1 N–H and O–H groups in total. The number of hydrogen-bond donors (Lipinski definition) is 1. The number of pyridine rings is 1. The van der Waals surface area contributed by atoms with Crippen LogP contribution >= 0.6 is 11.8 Å². The Morgan fingerprint density at radius 1 is 1.26 bits per heavy atom. The van der Waals surface area contributed by atoms with E-state index in [2.05, 4.69) is 26.5 Å². The second kappa shape index (κ2) is 7.52. The summed E-state index contributed by atoms with van der Waals surface area (Å²) in [5.41, 5.74) is 3.87. The third-order valence-corrected chi connectivity index (χ3v) is 5.32. The van der Waals surface area contributed by atoms with E-state index in [-0.39, 0.29) is 5.91 Å². The fourth-order valence-corrected chi connectivity index (χ4v) is 3.37. The highest BCUT2D eigenvalue weighted by atomic mass is 32.2. The summed E-state index contributed by atoms with van der Waals surface area (Å²) in [5, 5.41) is 7.73. The van der Waals surface area contributed by atoms with Crippen LogP contribution in [0.4, 0.5) is 5.69 Å². The van der Waals surface area contributed by atoms with Gasteiger partial charge < -0.3 is 9.84 Å². The first kappa shape index (κ1) is 17.7. The van der Waals surface area contributed by atoms with Crippen molar-refractivity contribution >= 4 is 23.4 Å². The van der Waals surface area contributed by atoms with E-state index in [0.717, 1.165) is 40.5 Å². The van der Waals surface area contributed by atoms with Crippen LogP contribution in [0.5, 0.6) is 0 Å². The number of anilines is 1. The standard InChI is InChI=1S/C20H20N4O2S/c1-12-3-7-16(13(2)9-12)22-17(25)11-27-18-8-6-15(10-21-18)20-23-19(24-26-20)14-4-5-14/h3,6-10,14H,4-5,11H2,1-2H3,(H,22,25). The second-order valence-corrected chi connectivity index (χ2v) is 7.77. The molecule has 1 amide bonds. The van der Waals surface area contributed by atoms with Gasteiger partial charge in [0.25, 0.3) is 5.89 Å². The zero-order chi connectivity index (χ0) is 18.8. The van der Waals surface area contributed by atoms with Crippen LogP contribution in [0.1, 0.15) is 35.7 Å². The maximum absolute atomic E-state index is 12.2. The van der Waals surface area contributed by atoms with E-state index in [4.69, 9.17) is 4.52 Å². The molecule has 3 aromatic rings. The number of amides is 1. The molecule has 1 fully saturated rings. The summed E-state index contributed by atoms with van der Waals surface area (Å²) in [6, 6.07) is 9.73. The molecule has 0 aliphatic heterocycles. The molecule has 2 aromatic heterocycles. The third-order valence-electron chi connectivity index (χ3n) is 4.37. The predicted molar refractivity (Wildman–Crippen MR) is 105 cm³/mol. The van der Waals surface area contributed by atoms with Crippen molar-refractivity contribution in [3.63, 3.8) is 0 Å². The molecule has 6 nitrogen and oxygen atoms in total. The van der Waals surface area contributed by atoms with Gasteiger partial charge in [0.2, 0.25) is 5.91 Å². The van der Waals surface area contributed by atoms with E-state index >= 15 is 0 Å². The first-order valence-corrected chi connectivity index (χ1v) is 9.87. The molecule has 0 unspecified atom stereocenters. The van der Waals surface area contributed by atoms with Gasteiger partial charge >= 0.3 is 0 Å². The van der Waals surface area contributed by atoms with E-state index in [1.54, 1.807) is 6.20 Å². The second-order valence-electron chi connectivity index (χ2n) is 6.77. The molecule has 1 aliphatic rings. The summed E-state index contributed by atoms with van der Waals surface area (Å²) in [4.78, 5) is 21.0. The van der Waals surface area contributed by atoms with Crippen molar-refractivity contribution < 1.29 is 9.32 Å². The average Bonchev–Trinajstić information content (AvgIpc) is 3.40. The summed E-state index contributed by atoms with van der Waals surface area (Å²) < 4.78 is 5.30. The quantitative estimate of drug-likeness (QED) is 0.640. The Kier molecular flexibility index (Phi) is 4.94. The molecule has 4 rings (SSSR count).